The monoisotopic (exact) mass is 1430 g/mol. The van der Waals surface area contributed by atoms with Crippen LogP contribution in [0.3, 0.4) is 0 Å². The summed E-state index contributed by atoms with van der Waals surface area (Å²) in [4.78, 5) is 188. The van der Waals surface area contributed by atoms with Crippen molar-refractivity contribution in [2.75, 3.05) is 75.0 Å². The zero-order chi connectivity index (χ0) is 70.1. The van der Waals surface area contributed by atoms with Crippen LogP contribution < -0.4 is 21.3 Å². The fraction of sp³-hybridized carbons (Fsp3) is 0.739. The smallest absolute Gasteiger partial charge is 0.246 e. The topological polar surface area (TPSA) is 279 Å². The first-order valence-electron chi connectivity index (χ1n) is 34.3. The van der Waals surface area contributed by atoms with Gasteiger partial charge in [0.2, 0.25) is 70.9 Å². The van der Waals surface area contributed by atoms with Gasteiger partial charge in [-0.15, -0.1) is 0 Å². The molecule has 5 rings (SSSR count). The van der Waals surface area contributed by atoms with Crippen LogP contribution in [0.4, 0.5) is 0 Å². The lowest BCUT2D eigenvalue weighted by atomic mass is 9.84. The van der Waals surface area contributed by atoms with Gasteiger partial charge in [0.1, 0.15) is 53.9 Å². The van der Waals surface area contributed by atoms with Crippen LogP contribution in [0.15, 0.2) is 24.3 Å². The number of piperidine rings is 1. The molecule has 4 aliphatic rings. The number of nitrogens with one attached hydrogen (secondary N) is 4. The summed E-state index contributed by atoms with van der Waals surface area (Å²) in [7, 11) is 8.74. The second-order valence-corrected chi connectivity index (χ2v) is 29.6. The lowest BCUT2D eigenvalue weighted by Crippen LogP contribution is -2.64. The number of amides is 12. The molecule has 0 spiro atoms. The maximum atomic E-state index is 15.1. The number of likely N-dealkylation sites (tertiary alicyclic amines) is 1. The molecule has 0 aromatic heterocycles. The molecule has 0 bridgehead atoms. The van der Waals surface area contributed by atoms with Gasteiger partial charge < -0.3 is 60.5 Å². The Labute approximate surface area is 572 Å². The molecule has 94 heavy (non-hydrogen) atoms. The molecule has 0 radical (unpaired) electrons. The van der Waals surface area contributed by atoms with E-state index in [1.54, 1.807) is 11.8 Å². The summed E-state index contributed by atoms with van der Waals surface area (Å²) in [5.74, 6) is -7.97. The third-order valence-electron chi connectivity index (χ3n) is 19.8. The van der Waals surface area contributed by atoms with Crippen LogP contribution in [0, 0.1) is 27.2 Å². The summed E-state index contributed by atoms with van der Waals surface area (Å²) in [5, 5.41) is 11.6. The molecule has 9 atom stereocenters. The first-order chi connectivity index (χ1) is 44.2. The average molecular weight is 1430 g/mol. The highest BCUT2D eigenvalue weighted by Gasteiger charge is 2.46. The number of nitrogens with zero attached hydrogens (tertiary/aromatic N) is 8. The first kappa shape index (κ1) is 78.3. The van der Waals surface area contributed by atoms with Gasteiger partial charge in [0.15, 0.2) is 0 Å². The summed E-state index contributed by atoms with van der Waals surface area (Å²) < 4.78 is 0.869. The largest absolute Gasteiger partial charge is 0.343 e. The van der Waals surface area contributed by atoms with Crippen molar-refractivity contribution in [1.82, 2.24) is 60.5 Å². The highest BCUT2D eigenvalue weighted by Crippen LogP contribution is 2.31. The van der Waals surface area contributed by atoms with Crippen LogP contribution in [-0.2, 0) is 64.0 Å². The second-order valence-electron chi connectivity index (χ2n) is 28.3. The Morgan fingerprint density at radius 2 is 1.24 bits per heavy atom. The zero-order valence-electron chi connectivity index (χ0n) is 58.9. The number of carbonyl (C=O) groups is 12. The van der Waals surface area contributed by atoms with Crippen molar-refractivity contribution in [3.05, 3.63) is 33.4 Å². The van der Waals surface area contributed by atoms with Gasteiger partial charge in [0.25, 0.3) is 0 Å². The number of likely N-dealkylation sites (N-methyl/N-ethyl adjacent to an activating group) is 6. The molecule has 1 aromatic rings. The molecular formula is C69H111IN12O12. The average Bonchev–Trinajstić information content (AvgIpc) is 0.797. The number of benzene rings is 1. The Balaban J connectivity index is 1.61. The lowest BCUT2D eigenvalue weighted by Gasteiger charge is -2.44. The second kappa shape index (κ2) is 36.1. The minimum Gasteiger partial charge on any atom is -0.343 e. The number of carbonyl (C=O) groups excluding carboxylic acids is 12. The van der Waals surface area contributed by atoms with Crippen molar-refractivity contribution in [3.8, 4) is 0 Å². The quantitative estimate of drug-likeness (QED) is 0.184. The third-order valence-corrected chi connectivity index (χ3v) is 20.4. The van der Waals surface area contributed by atoms with Gasteiger partial charge in [-0.25, -0.2) is 0 Å². The first-order valence-corrected chi connectivity index (χ1v) is 35.4. The van der Waals surface area contributed by atoms with E-state index in [1.807, 2.05) is 65.8 Å². The standard InChI is InChI=1S/C69H111IN12O12/c1-16-18-30-49-63(89)80(15)69(8,9)68(94)73-51(35-43(3)4)62(88)78(13)55(66(92)81-32-23-20-24-33-81)40-57(84)77(12)53(36-44(5)6)61(87)74-59(45(7)17-2)67(93)76(11)42-58(85)82-34-31-52(82)65(91)79(14)54(39-46-26-21-19-22-27-46)64(90)75(10)41-56(83)71-50(60(86)72-49)38-47-28-25-29-48(70)37-47/h25,28-29,37,43-46,49-55,59H,16-24,26-27,30-36,38-42H2,1-15H3,(H,71,83)(H,72,86)(H,73,94)(H,74,87)/t45-,49-,50-,51-,52-,53-,54-,55-,59-/m0/s1. The minimum absolute atomic E-state index is 0.00463. The maximum Gasteiger partial charge on any atom is 0.246 e. The van der Waals surface area contributed by atoms with E-state index in [-0.39, 0.29) is 50.0 Å². The fourth-order valence-electron chi connectivity index (χ4n) is 13.0. The van der Waals surface area contributed by atoms with Gasteiger partial charge in [-0.05, 0) is 129 Å². The van der Waals surface area contributed by atoms with Gasteiger partial charge in [-0.2, -0.15) is 0 Å². The van der Waals surface area contributed by atoms with Crippen molar-refractivity contribution >= 4 is 93.5 Å². The third kappa shape index (κ3) is 21.0. The van der Waals surface area contributed by atoms with E-state index >= 15 is 4.79 Å². The van der Waals surface area contributed by atoms with E-state index in [0.717, 1.165) is 42.1 Å². The molecule has 25 heteroatoms. The van der Waals surface area contributed by atoms with E-state index in [9.17, 15) is 52.7 Å². The SMILES string of the molecule is CCCC[C@@H]1NC(=O)[C@H](Cc2cccc(I)c2)NC(=O)CN(C)C(=O)[C@H](CC2CCCCC2)N(C)C(=O)[C@@H]2CCN2C(=O)CN(C)C(=O)[C@H]([C@@H](C)CC)NC(=O)[C@H](CC(C)C)N(C)C(=O)C[C@@H](C(=O)N2CCCCC2)N(C)C(=O)[C@H](CC(C)C)NC(=O)C(C)(C)N(C)C1=O. The Kier molecular flexibility index (Phi) is 30.1. The van der Waals surface area contributed by atoms with Crippen molar-refractivity contribution in [1.29, 1.82) is 0 Å². The van der Waals surface area contributed by atoms with Crippen LogP contribution in [0.25, 0.3) is 0 Å². The highest BCUT2D eigenvalue weighted by molar-refractivity contribution is 14.1. The van der Waals surface area contributed by atoms with Gasteiger partial charge in [0.05, 0.1) is 19.5 Å². The predicted octanol–water partition coefficient (Wildman–Crippen LogP) is 4.72. The van der Waals surface area contributed by atoms with E-state index < -0.39 is 150 Å². The number of rotatable bonds is 14. The number of fused-ring (bicyclic) bond motifs is 1. The molecule has 526 valence electrons. The number of halogens is 1. The molecule has 3 aliphatic heterocycles. The fourth-order valence-corrected chi connectivity index (χ4v) is 13.7. The van der Waals surface area contributed by atoms with E-state index in [2.05, 4.69) is 43.9 Å². The minimum atomic E-state index is -1.67. The van der Waals surface area contributed by atoms with Crippen LogP contribution in [0.2, 0.25) is 0 Å². The van der Waals surface area contributed by atoms with Gasteiger partial charge in [0, 0.05) is 71.9 Å². The van der Waals surface area contributed by atoms with Crippen molar-refractivity contribution in [2.45, 2.75) is 232 Å². The molecule has 24 nitrogen and oxygen atoms in total. The van der Waals surface area contributed by atoms with Crippen molar-refractivity contribution in [3.63, 3.8) is 0 Å². The summed E-state index contributed by atoms with van der Waals surface area (Å²) in [6, 6.07) is -2.05. The van der Waals surface area contributed by atoms with E-state index in [1.165, 1.54) is 90.4 Å². The predicted molar refractivity (Wildman–Crippen MR) is 367 cm³/mol. The highest BCUT2D eigenvalue weighted by atomic mass is 127. The van der Waals surface area contributed by atoms with Crippen molar-refractivity contribution < 1.29 is 57.5 Å². The maximum absolute atomic E-state index is 15.1. The molecule has 12 amide bonds. The molecule has 1 aromatic carbocycles. The van der Waals surface area contributed by atoms with Crippen LogP contribution in [-0.4, -0.2) is 239 Å². The zero-order valence-corrected chi connectivity index (χ0v) is 61.0. The Bertz CT molecular complexity index is 2840. The molecule has 1 saturated carbocycles. The molecule has 1 aliphatic carbocycles. The summed E-state index contributed by atoms with van der Waals surface area (Å²) >= 11 is 2.15. The summed E-state index contributed by atoms with van der Waals surface area (Å²) in [6.07, 6.45) is 8.95. The van der Waals surface area contributed by atoms with E-state index in [0.29, 0.717) is 63.6 Å². The molecule has 4 N–H and O–H groups in total. The van der Waals surface area contributed by atoms with Crippen LogP contribution >= 0.6 is 22.6 Å². The Morgan fingerprint density at radius 1 is 0.617 bits per heavy atom. The Hall–Kier alpha value is -6.41. The lowest BCUT2D eigenvalue weighted by molar-refractivity contribution is -0.158. The van der Waals surface area contributed by atoms with Gasteiger partial charge in [-0.1, -0.05) is 112 Å². The van der Waals surface area contributed by atoms with E-state index in [4.69, 9.17) is 0 Å². The molecule has 4 fully saturated rings. The number of unbranched alkanes of at least 4 members (excludes halogenated alkanes) is 1. The van der Waals surface area contributed by atoms with Crippen LogP contribution in [0.5, 0.6) is 0 Å². The van der Waals surface area contributed by atoms with Gasteiger partial charge >= 0.3 is 0 Å². The molecule has 0 unspecified atom stereocenters. The summed E-state index contributed by atoms with van der Waals surface area (Å²) in [5.41, 5.74) is -0.977. The normalized spacial score (nSPS) is 26.4. The molecule has 3 heterocycles. The summed E-state index contributed by atoms with van der Waals surface area (Å²) in [6.45, 7) is 16.1. The van der Waals surface area contributed by atoms with Crippen molar-refractivity contribution in [2.24, 2.45) is 23.7 Å². The molecule has 3 saturated heterocycles. The number of hydrogen-bond donors (Lipinski definition) is 4. The van der Waals surface area contributed by atoms with Crippen LogP contribution in [0.1, 0.15) is 177 Å². The van der Waals surface area contributed by atoms with Gasteiger partial charge in [-0.3, -0.25) is 57.5 Å². The number of hydrogen-bond acceptors (Lipinski definition) is 12. The Morgan fingerprint density at radius 3 is 1.83 bits per heavy atom. The molecular weight excluding hydrogens is 1320 g/mol.